The van der Waals surface area contributed by atoms with Crippen LogP contribution in [-0.2, 0) is 6.54 Å². The normalized spacial score (nSPS) is 8.80. The topological polar surface area (TPSA) is 24.9 Å². The Balaban J connectivity index is 2.50. The van der Waals surface area contributed by atoms with E-state index in [0.29, 0.717) is 0 Å². The fourth-order valence-electron chi connectivity index (χ4n) is 0.660. The lowest BCUT2D eigenvalue weighted by Crippen LogP contribution is -2.07. The Morgan fingerprint density at radius 1 is 1.50 bits per heavy atom. The van der Waals surface area contributed by atoms with Gasteiger partial charge in [0.25, 0.3) is 0 Å². The monoisotopic (exact) mass is 152 g/mol. The van der Waals surface area contributed by atoms with Crippen molar-refractivity contribution < 1.29 is 0 Å². The van der Waals surface area contributed by atoms with Gasteiger partial charge >= 0.3 is 0 Å². The van der Waals surface area contributed by atoms with Crippen LogP contribution in [0, 0.1) is 0 Å². The molecule has 0 amide bonds. The molecule has 2 nitrogen and oxygen atoms in total. The number of hydrogen-bond donors (Lipinski definition) is 1. The summed E-state index contributed by atoms with van der Waals surface area (Å²) in [7, 11) is 0. The van der Waals surface area contributed by atoms with Crippen molar-refractivity contribution >= 4 is 17.7 Å². The van der Waals surface area contributed by atoms with Gasteiger partial charge in [0.1, 0.15) is 0 Å². The van der Waals surface area contributed by atoms with Crippen molar-refractivity contribution in [3.8, 4) is 0 Å². The second-order valence-electron chi connectivity index (χ2n) is 1.85. The summed E-state index contributed by atoms with van der Waals surface area (Å²) in [5.74, 6) is 0. The number of aromatic nitrogens is 1. The third kappa shape index (κ3) is 2.11. The SMILES string of the molecule is S=CNCc1ccncc1. The minimum atomic E-state index is 0.784. The summed E-state index contributed by atoms with van der Waals surface area (Å²) < 4.78 is 0. The van der Waals surface area contributed by atoms with Gasteiger partial charge in [0.15, 0.2) is 0 Å². The Morgan fingerprint density at radius 2 is 2.20 bits per heavy atom. The number of nitrogens with one attached hydrogen (secondary N) is 1. The molecule has 3 heteroatoms. The molecule has 1 rings (SSSR count). The van der Waals surface area contributed by atoms with Crippen LogP contribution >= 0.6 is 12.2 Å². The molecule has 52 valence electrons. The lowest BCUT2D eigenvalue weighted by atomic mass is 10.3. The zero-order chi connectivity index (χ0) is 7.23. The zero-order valence-electron chi connectivity index (χ0n) is 5.45. The Labute approximate surface area is 65.3 Å². The third-order valence-electron chi connectivity index (χ3n) is 1.14. The van der Waals surface area contributed by atoms with Crippen LogP contribution in [0.5, 0.6) is 0 Å². The van der Waals surface area contributed by atoms with E-state index in [1.54, 1.807) is 12.4 Å². The van der Waals surface area contributed by atoms with Crippen LogP contribution in [0.25, 0.3) is 0 Å². The first kappa shape index (κ1) is 7.15. The third-order valence-corrected chi connectivity index (χ3v) is 1.31. The van der Waals surface area contributed by atoms with Crippen LogP contribution in [0.15, 0.2) is 24.5 Å². The molecule has 0 saturated heterocycles. The van der Waals surface area contributed by atoms with E-state index in [0.717, 1.165) is 6.54 Å². The molecule has 0 aromatic carbocycles. The van der Waals surface area contributed by atoms with Crippen molar-refractivity contribution in [2.45, 2.75) is 6.54 Å². The molecule has 0 aliphatic carbocycles. The summed E-state index contributed by atoms with van der Waals surface area (Å²) in [6.45, 7) is 0.784. The van der Waals surface area contributed by atoms with E-state index in [-0.39, 0.29) is 0 Å². The number of thiocarbonyl (C=S) groups is 1. The summed E-state index contributed by atoms with van der Waals surface area (Å²) in [4.78, 5) is 3.89. The molecule has 1 heterocycles. The van der Waals surface area contributed by atoms with Crippen molar-refractivity contribution in [2.24, 2.45) is 0 Å². The maximum atomic E-state index is 4.60. The standard InChI is InChI=1S/C7H8N2S/c10-6-9-5-7-1-3-8-4-2-7/h1-4,6H,5H2,(H,9,10). The predicted octanol–water partition coefficient (Wildman–Crippen LogP) is 1.13. The van der Waals surface area contributed by atoms with Gasteiger partial charge in [-0.15, -0.1) is 0 Å². The first-order valence-corrected chi connectivity index (χ1v) is 3.46. The lowest BCUT2D eigenvalue weighted by molar-refractivity contribution is 0.939. The van der Waals surface area contributed by atoms with Crippen molar-refractivity contribution in [2.75, 3.05) is 0 Å². The van der Waals surface area contributed by atoms with Crippen LogP contribution in [-0.4, -0.2) is 10.5 Å². The van der Waals surface area contributed by atoms with Crippen molar-refractivity contribution in [3.05, 3.63) is 30.1 Å². The number of hydrogen-bond acceptors (Lipinski definition) is 2. The van der Waals surface area contributed by atoms with Gasteiger partial charge in [-0.2, -0.15) is 0 Å². The highest BCUT2D eigenvalue weighted by Crippen LogP contribution is 1.93. The maximum absolute atomic E-state index is 4.60. The molecule has 0 saturated carbocycles. The van der Waals surface area contributed by atoms with Crippen molar-refractivity contribution in [3.63, 3.8) is 0 Å². The van der Waals surface area contributed by atoms with Crippen molar-refractivity contribution in [1.29, 1.82) is 0 Å². The molecule has 0 aliphatic rings. The van der Waals surface area contributed by atoms with Gasteiger partial charge in [0.2, 0.25) is 0 Å². The quantitative estimate of drug-likeness (QED) is 0.657. The number of rotatable bonds is 3. The van der Waals surface area contributed by atoms with Crippen LogP contribution < -0.4 is 5.32 Å². The highest BCUT2D eigenvalue weighted by Gasteiger charge is 1.85. The first-order chi connectivity index (χ1) is 4.93. The van der Waals surface area contributed by atoms with E-state index < -0.39 is 0 Å². The van der Waals surface area contributed by atoms with Crippen LogP contribution in [0.3, 0.4) is 0 Å². The van der Waals surface area contributed by atoms with Gasteiger partial charge in [0, 0.05) is 18.9 Å². The largest absolute Gasteiger partial charge is 0.378 e. The average Bonchev–Trinajstić information content (AvgIpc) is 2.03. The molecule has 0 aliphatic heterocycles. The van der Waals surface area contributed by atoms with Gasteiger partial charge in [0.05, 0.1) is 5.49 Å². The van der Waals surface area contributed by atoms with Crippen LogP contribution in [0.1, 0.15) is 5.56 Å². The Bertz CT molecular complexity index is 198. The fourth-order valence-corrected chi connectivity index (χ4v) is 0.743. The molecule has 0 bridgehead atoms. The molecule has 0 spiro atoms. The van der Waals surface area contributed by atoms with Gasteiger partial charge in [-0.1, -0.05) is 12.2 Å². The smallest absolute Gasteiger partial charge is 0.0617 e. The molecular formula is C7H8N2S. The second kappa shape index (κ2) is 3.95. The van der Waals surface area contributed by atoms with E-state index in [1.807, 2.05) is 12.1 Å². The summed E-state index contributed by atoms with van der Waals surface area (Å²) in [6, 6.07) is 3.90. The van der Waals surface area contributed by atoms with Gasteiger partial charge < -0.3 is 5.32 Å². The Kier molecular flexibility index (Phi) is 2.83. The molecule has 1 N–H and O–H groups in total. The summed E-state index contributed by atoms with van der Waals surface area (Å²) in [6.07, 6.45) is 3.53. The molecule has 0 atom stereocenters. The van der Waals surface area contributed by atoms with E-state index in [2.05, 4.69) is 22.5 Å². The molecule has 1 aromatic rings. The summed E-state index contributed by atoms with van der Waals surface area (Å²) >= 11 is 4.60. The first-order valence-electron chi connectivity index (χ1n) is 2.99. The van der Waals surface area contributed by atoms with Crippen LogP contribution in [0.4, 0.5) is 0 Å². The minimum Gasteiger partial charge on any atom is -0.378 e. The maximum Gasteiger partial charge on any atom is 0.0617 e. The van der Waals surface area contributed by atoms with E-state index >= 15 is 0 Å². The molecule has 0 fully saturated rings. The van der Waals surface area contributed by atoms with E-state index in [9.17, 15) is 0 Å². The average molecular weight is 152 g/mol. The summed E-state index contributed by atoms with van der Waals surface area (Å²) in [5, 5.41) is 2.93. The van der Waals surface area contributed by atoms with E-state index in [4.69, 9.17) is 0 Å². The Morgan fingerprint density at radius 3 is 2.80 bits per heavy atom. The molecule has 0 unspecified atom stereocenters. The predicted molar refractivity (Wildman–Crippen MR) is 44.7 cm³/mol. The van der Waals surface area contributed by atoms with Gasteiger partial charge in [-0.05, 0) is 17.7 Å². The Hall–Kier alpha value is -0.960. The number of pyridine rings is 1. The molecule has 10 heavy (non-hydrogen) atoms. The molecule has 1 aromatic heterocycles. The van der Waals surface area contributed by atoms with E-state index in [1.165, 1.54) is 11.1 Å². The number of nitrogens with zero attached hydrogens (tertiary/aromatic N) is 1. The highest BCUT2D eigenvalue weighted by atomic mass is 32.1. The fraction of sp³-hybridized carbons (Fsp3) is 0.143. The molecule has 0 radical (unpaired) electrons. The zero-order valence-corrected chi connectivity index (χ0v) is 6.27. The van der Waals surface area contributed by atoms with Crippen molar-refractivity contribution in [1.82, 2.24) is 10.3 Å². The van der Waals surface area contributed by atoms with Gasteiger partial charge in [-0.3, -0.25) is 4.98 Å². The lowest BCUT2D eigenvalue weighted by Gasteiger charge is -1.97. The second-order valence-corrected chi connectivity index (χ2v) is 2.09. The summed E-state index contributed by atoms with van der Waals surface area (Å²) in [5.41, 5.74) is 2.71. The van der Waals surface area contributed by atoms with Gasteiger partial charge in [-0.25, -0.2) is 0 Å². The molecular weight excluding hydrogens is 144 g/mol. The highest BCUT2D eigenvalue weighted by molar-refractivity contribution is 7.78. The van der Waals surface area contributed by atoms with Crippen LogP contribution in [0.2, 0.25) is 0 Å². The minimum absolute atomic E-state index is 0.784.